The molecule has 1 fully saturated rings. The van der Waals surface area contributed by atoms with Crippen molar-refractivity contribution in [3.63, 3.8) is 0 Å². The highest BCUT2D eigenvalue weighted by molar-refractivity contribution is 7.89. The van der Waals surface area contributed by atoms with Gasteiger partial charge in [-0.15, -0.1) is 0 Å². The summed E-state index contributed by atoms with van der Waals surface area (Å²) in [5.74, 6) is 0. The first-order valence-corrected chi connectivity index (χ1v) is 8.43. The quantitative estimate of drug-likeness (QED) is 0.904. The molecule has 0 amide bonds. The van der Waals surface area contributed by atoms with Gasteiger partial charge in [0.05, 0.1) is 22.1 Å². The van der Waals surface area contributed by atoms with Crippen LogP contribution in [0.1, 0.15) is 24.0 Å². The van der Waals surface area contributed by atoms with Gasteiger partial charge in [0, 0.05) is 19.1 Å². The first-order valence-electron chi connectivity index (χ1n) is 6.99. The van der Waals surface area contributed by atoms with Crippen LogP contribution < -0.4 is 5.32 Å². The Hall–Kier alpha value is -1.63. The van der Waals surface area contributed by atoms with Gasteiger partial charge in [-0.1, -0.05) is 0 Å². The largest absolute Gasteiger partial charge is 0.417 e. The average molecular weight is 347 g/mol. The van der Waals surface area contributed by atoms with E-state index in [1.807, 2.05) is 0 Å². The van der Waals surface area contributed by atoms with E-state index < -0.39 is 27.3 Å². The van der Waals surface area contributed by atoms with Crippen molar-refractivity contribution in [1.29, 1.82) is 5.26 Å². The lowest BCUT2D eigenvalue weighted by Crippen LogP contribution is -2.40. The Morgan fingerprint density at radius 1 is 1.43 bits per heavy atom. The van der Waals surface area contributed by atoms with Crippen molar-refractivity contribution < 1.29 is 21.6 Å². The summed E-state index contributed by atoms with van der Waals surface area (Å²) in [6.45, 7) is 0.780. The smallest absolute Gasteiger partial charge is 0.318 e. The third-order valence-corrected chi connectivity index (χ3v) is 5.73. The number of hydrogen-bond donors (Lipinski definition) is 1. The lowest BCUT2D eigenvalue weighted by Gasteiger charge is -2.24. The molecule has 1 aromatic carbocycles. The van der Waals surface area contributed by atoms with Crippen LogP contribution in [0.5, 0.6) is 0 Å². The van der Waals surface area contributed by atoms with Crippen LogP contribution >= 0.6 is 0 Å². The zero-order valence-electron chi connectivity index (χ0n) is 12.4. The summed E-state index contributed by atoms with van der Waals surface area (Å²) < 4.78 is 65.0. The summed E-state index contributed by atoms with van der Waals surface area (Å²) in [5, 5.41) is 11.8. The van der Waals surface area contributed by atoms with Gasteiger partial charge in [0.25, 0.3) is 0 Å². The molecule has 1 aliphatic rings. The molecule has 5 nitrogen and oxygen atoms in total. The Bertz CT molecular complexity index is 726. The highest BCUT2D eigenvalue weighted by atomic mass is 32.2. The monoisotopic (exact) mass is 347 g/mol. The average Bonchev–Trinajstić information content (AvgIpc) is 2.95. The van der Waals surface area contributed by atoms with Crippen LogP contribution in [0.2, 0.25) is 0 Å². The second kappa shape index (κ2) is 6.47. The van der Waals surface area contributed by atoms with Crippen LogP contribution in [-0.4, -0.2) is 38.9 Å². The Balaban J connectivity index is 2.43. The molecule has 1 heterocycles. The molecule has 1 atom stereocenters. The van der Waals surface area contributed by atoms with E-state index >= 15 is 0 Å². The van der Waals surface area contributed by atoms with Gasteiger partial charge in [-0.05, 0) is 38.1 Å². The normalized spacial score (nSPS) is 19.7. The number of hydrogen-bond acceptors (Lipinski definition) is 4. The summed E-state index contributed by atoms with van der Waals surface area (Å²) in [6.07, 6.45) is -3.32. The summed E-state index contributed by atoms with van der Waals surface area (Å²) in [7, 11) is -2.23. The summed E-state index contributed by atoms with van der Waals surface area (Å²) >= 11 is 0. The van der Waals surface area contributed by atoms with Crippen molar-refractivity contribution in [2.24, 2.45) is 0 Å². The summed E-state index contributed by atoms with van der Waals surface area (Å²) in [5.41, 5.74) is -1.82. The number of alkyl halides is 3. The Labute approximate surface area is 132 Å². The van der Waals surface area contributed by atoms with Crippen LogP contribution in [0.4, 0.5) is 13.2 Å². The molecule has 126 valence electrons. The number of rotatable bonds is 4. The predicted octanol–water partition coefficient (Wildman–Crippen LogP) is 1.95. The second-order valence-corrected chi connectivity index (χ2v) is 7.18. The molecule has 0 aliphatic carbocycles. The third kappa shape index (κ3) is 3.49. The fourth-order valence-corrected chi connectivity index (χ4v) is 4.44. The van der Waals surface area contributed by atoms with Gasteiger partial charge in [-0.2, -0.15) is 22.7 Å². The number of halogens is 3. The van der Waals surface area contributed by atoms with Crippen molar-refractivity contribution in [3.8, 4) is 6.07 Å². The van der Waals surface area contributed by atoms with E-state index in [0.717, 1.165) is 12.1 Å². The lowest BCUT2D eigenvalue weighted by atomic mass is 10.1. The fourth-order valence-electron chi connectivity index (χ4n) is 2.72. The topological polar surface area (TPSA) is 73.2 Å². The number of nitriles is 1. The SMILES string of the molecule is CNCC1CCCN1S(=O)(=O)c1ccc(C(F)(F)F)c(C#N)c1. The molecule has 1 unspecified atom stereocenters. The lowest BCUT2D eigenvalue weighted by molar-refractivity contribution is -0.137. The number of sulfonamides is 1. The van der Waals surface area contributed by atoms with E-state index in [0.29, 0.717) is 32.0 Å². The first-order chi connectivity index (χ1) is 10.7. The van der Waals surface area contributed by atoms with Crippen molar-refractivity contribution in [3.05, 3.63) is 29.3 Å². The van der Waals surface area contributed by atoms with Gasteiger partial charge >= 0.3 is 6.18 Å². The van der Waals surface area contributed by atoms with Crippen molar-refractivity contribution in [2.45, 2.75) is 30.0 Å². The molecule has 1 N–H and O–H groups in total. The predicted molar refractivity (Wildman–Crippen MR) is 77.0 cm³/mol. The molecular formula is C14H16F3N3O2S. The van der Waals surface area contributed by atoms with Crippen molar-refractivity contribution in [1.82, 2.24) is 9.62 Å². The minimum atomic E-state index is -4.70. The van der Waals surface area contributed by atoms with Crippen LogP contribution in [0.3, 0.4) is 0 Å². The molecule has 1 aromatic rings. The maximum atomic E-state index is 12.8. The van der Waals surface area contributed by atoms with Gasteiger partial charge in [-0.3, -0.25) is 0 Å². The molecule has 0 saturated carbocycles. The standard InChI is InChI=1S/C14H16F3N3O2S/c1-19-9-11-3-2-6-20(11)23(21,22)12-4-5-13(14(15,16)17)10(7-12)8-18/h4-5,7,11,19H,2-3,6,9H2,1H3. The van der Waals surface area contributed by atoms with Gasteiger partial charge in [-0.25, -0.2) is 8.42 Å². The van der Waals surface area contributed by atoms with Gasteiger partial charge < -0.3 is 5.32 Å². The number of nitrogens with zero attached hydrogens (tertiary/aromatic N) is 2. The van der Waals surface area contributed by atoms with E-state index in [1.54, 1.807) is 7.05 Å². The van der Waals surface area contributed by atoms with Crippen LogP contribution in [-0.2, 0) is 16.2 Å². The van der Waals surface area contributed by atoms with Crippen molar-refractivity contribution in [2.75, 3.05) is 20.1 Å². The molecule has 0 bridgehead atoms. The number of benzene rings is 1. The van der Waals surface area contributed by atoms with E-state index in [1.165, 1.54) is 10.4 Å². The second-order valence-electron chi connectivity index (χ2n) is 5.29. The van der Waals surface area contributed by atoms with Crippen LogP contribution in [0.25, 0.3) is 0 Å². The zero-order valence-corrected chi connectivity index (χ0v) is 13.2. The third-order valence-electron chi connectivity index (χ3n) is 3.79. The van der Waals surface area contributed by atoms with Gasteiger partial charge in [0.2, 0.25) is 10.0 Å². The highest BCUT2D eigenvalue weighted by Gasteiger charge is 2.37. The Morgan fingerprint density at radius 3 is 2.70 bits per heavy atom. The zero-order chi connectivity index (χ0) is 17.3. The molecule has 0 aromatic heterocycles. The fraction of sp³-hybridized carbons (Fsp3) is 0.500. The molecule has 9 heteroatoms. The Kier molecular flexibility index (Phi) is 4.98. The Morgan fingerprint density at radius 2 is 2.13 bits per heavy atom. The molecule has 1 aliphatic heterocycles. The molecular weight excluding hydrogens is 331 g/mol. The van der Waals surface area contributed by atoms with Gasteiger partial charge in [0.15, 0.2) is 0 Å². The maximum Gasteiger partial charge on any atom is 0.417 e. The first kappa shape index (κ1) is 17.7. The van der Waals surface area contributed by atoms with E-state index in [-0.39, 0.29) is 10.9 Å². The highest BCUT2D eigenvalue weighted by Crippen LogP contribution is 2.34. The van der Waals surface area contributed by atoms with E-state index in [9.17, 15) is 21.6 Å². The molecule has 23 heavy (non-hydrogen) atoms. The van der Waals surface area contributed by atoms with Gasteiger partial charge in [0.1, 0.15) is 0 Å². The van der Waals surface area contributed by atoms with Crippen molar-refractivity contribution >= 4 is 10.0 Å². The number of nitrogens with one attached hydrogen (secondary N) is 1. The maximum absolute atomic E-state index is 12.8. The minimum Gasteiger partial charge on any atom is -0.318 e. The minimum absolute atomic E-state index is 0.238. The molecule has 1 saturated heterocycles. The molecule has 0 radical (unpaired) electrons. The molecule has 2 rings (SSSR count). The van der Waals surface area contributed by atoms with Crippen LogP contribution in [0.15, 0.2) is 23.1 Å². The summed E-state index contributed by atoms with van der Waals surface area (Å²) in [4.78, 5) is -0.287. The van der Waals surface area contributed by atoms with Crippen LogP contribution in [0, 0.1) is 11.3 Å². The molecule has 0 spiro atoms. The van der Waals surface area contributed by atoms with E-state index in [2.05, 4.69) is 5.32 Å². The number of likely N-dealkylation sites (N-methyl/N-ethyl adjacent to an activating group) is 1. The van der Waals surface area contributed by atoms with E-state index in [4.69, 9.17) is 5.26 Å². The summed E-state index contributed by atoms with van der Waals surface area (Å²) in [6, 6.07) is 3.54.